The van der Waals surface area contributed by atoms with Gasteiger partial charge in [-0.3, -0.25) is 14.4 Å². The zero-order chi connectivity index (χ0) is 14.8. The van der Waals surface area contributed by atoms with Crippen molar-refractivity contribution >= 4 is 17.8 Å². The van der Waals surface area contributed by atoms with Crippen LogP contribution in [0.4, 0.5) is 0 Å². The van der Waals surface area contributed by atoms with Crippen LogP contribution in [-0.4, -0.2) is 46.9 Å². The number of hydrogen-bond donors (Lipinski definition) is 2. The number of carboxylic acids is 1. The fraction of sp³-hybridized carbons (Fsp3) is 0.786. The monoisotopic (exact) mass is 282 g/mol. The van der Waals surface area contributed by atoms with Crippen LogP contribution >= 0.6 is 0 Å². The van der Waals surface area contributed by atoms with Gasteiger partial charge in [-0.15, -0.1) is 0 Å². The van der Waals surface area contributed by atoms with Crippen molar-refractivity contribution in [1.29, 1.82) is 0 Å². The fourth-order valence-electron chi connectivity index (χ4n) is 3.27. The maximum atomic E-state index is 12.3. The topological polar surface area (TPSA) is 86.7 Å². The highest BCUT2D eigenvalue weighted by molar-refractivity contribution is 5.89. The van der Waals surface area contributed by atoms with E-state index < -0.39 is 11.5 Å². The van der Waals surface area contributed by atoms with Gasteiger partial charge in [0.2, 0.25) is 11.8 Å². The number of rotatable bonds is 4. The summed E-state index contributed by atoms with van der Waals surface area (Å²) in [6, 6.07) is 0. The Labute approximate surface area is 118 Å². The lowest BCUT2D eigenvalue weighted by Crippen LogP contribution is -2.53. The number of carbonyl (C=O) groups excluding carboxylic acids is 2. The summed E-state index contributed by atoms with van der Waals surface area (Å²) in [5.74, 6) is -1.43. The van der Waals surface area contributed by atoms with E-state index in [1.54, 1.807) is 11.9 Å². The van der Waals surface area contributed by atoms with Gasteiger partial charge >= 0.3 is 5.97 Å². The number of aliphatic carboxylic acids is 1. The molecule has 0 aromatic heterocycles. The summed E-state index contributed by atoms with van der Waals surface area (Å²) in [7, 11) is 1.68. The molecule has 20 heavy (non-hydrogen) atoms. The van der Waals surface area contributed by atoms with E-state index in [-0.39, 0.29) is 30.6 Å². The van der Waals surface area contributed by atoms with Crippen LogP contribution in [0.2, 0.25) is 0 Å². The van der Waals surface area contributed by atoms with Crippen LogP contribution in [0.1, 0.15) is 44.9 Å². The average Bonchev–Trinajstić information content (AvgIpc) is 2.69. The van der Waals surface area contributed by atoms with Gasteiger partial charge in [-0.2, -0.15) is 0 Å². The lowest BCUT2D eigenvalue weighted by atomic mass is 9.79. The highest BCUT2D eigenvalue weighted by atomic mass is 16.4. The molecule has 0 aromatic rings. The second kappa shape index (κ2) is 5.81. The van der Waals surface area contributed by atoms with Gasteiger partial charge < -0.3 is 15.3 Å². The smallest absolute Gasteiger partial charge is 0.305 e. The van der Waals surface area contributed by atoms with E-state index in [2.05, 4.69) is 5.32 Å². The molecule has 1 aliphatic heterocycles. The van der Waals surface area contributed by atoms with Crippen molar-refractivity contribution < 1.29 is 19.5 Å². The van der Waals surface area contributed by atoms with Crippen LogP contribution in [0.15, 0.2) is 0 Å². The molecule has 6 nitrogen and oxygen atoms in total. The summed E-state index contributed by atoms with van der Waals surface area (Å²) < 4.78 is 0. The number of nitrogens with zero attached hydrogens (tertiary/aromatic N) is 1. The minimum absolute atomic E-state index is 0.0268. The Kier molecular flexibility index (Phi) is 4.30. The molecule has 1 saturated heterocycles. The highest BCUT2D eigenvalue weighted by Crippen LogP contribution is 2.32. The third kappa shape index (κ3) is 3.29. The maximum absolute atomic E-state index is 12.3. The van der Waals surface area contributed by atoms with Crippen LogP contribution in [0.25, 0.3) is 0 Å². The molecule has 1 unspecified atom stereocenters. The normalized spacial score (nSPS) is 25.6. The minimum atomic E-state index is -0.883. The first-order valence-corrected chi connectivity index (χ1v) is 7.20. The van der Waals surface area contributed by atoms with Crippen LogP contribution in [0.5, 0.6) is 0 Å². The summed E-state index contributed by atoms with van der Waals surface area (Å²) in [4.78, 5) is 36.4. The molecule has 2 fully saturated rings. The average molecular weight is 282 g/mol. The number of nitrogens with one attached hydrogen (secondary N) is 1. The van der Waals surface area contributed by atoms with E-state index in [0.29, 0.717) is 19.4 Å². The summed E-state index contributed by atoms with van der Waals surface area (Å²) >= 11 is 0. The molecular formula is C14H22N2O4. The SMILES string of the molecule is CN1CC(C(=O)NC2(CC(=O)O)CCCCC2)CC1=O. The zero-order valence-electron chi connectivity index (χ0n) is 11.9. The Bertz CT molecular complexity index is 415. The van der Waals surface area contributed by atoms with Crippen molar-refractivity contribution in [2.24, 2.45) is 5.92 Å². The molecule has 2 aliphatic rings. The second-order valence-electron chi connectivity index (χ2n) is 6.08. The molecule has 1 atom stereocenters. The molecular weight excluding hydrogens is 260 g/mol. The third-order valence-electron chi connectivity index (χ3n) is 4.40. The first-order chi connectivity index (χ1) is 9.42. The van der Waals surface area contributed by atoms with E-state index in [1.807, 2.05) is 0 Å². The first-order valence-electron chi connectivity index (χ1n) is 7.20. The van der Waals surface area contributed by atoms with E-state index in [1.165, 1.54) is 0 Å². The van der Waals surface area contributed by atoms with Gasteiger partial charge in [0.05, 0.1) is 17.9 Å². The van der Waals surface area contributed by atoms with Gasteiger partial charge in [0, 0.05) is 20.0 Å². The van der Waals surface area contributed by atoms with E-state index in [4.69, 9.17) is 5.11 Å². The molecule has 0 aromatic carbocycles. The van der Waals surface area contributed by atoms with E-state index >= 15 is 0 Å². The van der Waals surface area contributed by atoms with Crippen LogP contribution in [-0.2, 0) is 14.4 Å². The Morgan fingerprint density at radius 1 is 1.35 bits per heavy atom. The predicted molar refractivity (Wildman–Crippen MR) is 72.0 cm³/mol. The van der Waals surface area contributed by atoms with Gasteiger partial charge in [-0.25, -0.2) is 0 Å². The Hall–Kier alpha value is -1.59. The lowest BCUT2D eigenvalue weighted by Gasteiger charge is -2.37. The molecule has 1 aliphatic carbocycles. The molecule has 0 radical (unpaired) electrons. The predicted octanol–water partition coefficient (Wildman–Crippen LogP) is 0.758. The van der Waals surface area contributed by atoms with Gasteiger partial charge in [-0.05, 0) is 12.8 Å². The molecule has 2 rings (SSSR count). The van der Waals surface area contributed by atoms with Crippen molar-refractivity contribution in [2.75, 3.05) is 13.6 Å². The minimum Gasteiger partial charge on any atom is -0.481 e. The molecule has 0 bridgehead atoms. The zero-order valence-corrected chi connectivity index (χ0v) is 11.9. The molecule has 6 heteroatoms. The van der Waals surface area contributed by atoms with E-state index in [0.717, 1.165) is 19.3 Å². The number of likely N-dealkylation sites (tertiary alicyclic amines) is 1. The maximum Gasteiger partial charge on any atom is 0.305 e. The van der Waals surface area contributed by atoms with Crippen molar-refractivity contribution in [2.45, 2.75) is 50.5 Å². The summed E-state index contributed by atoms with van der Waals surface area (Å²) in [6.07, 6.45) is 4.58. The number of amides is 2. The molecule has 2 amide bonds. The van der Waals surface area contributed by atoms with Gasteiger partial charge in [-0.1, -0.05) is 19.3 Å². The number of hydrogen-bond acceptors (Lipinski definition) is 3. The van der Waals surface area contributed by atoms with Crippen molar-refractivity contribution in [1.82, 2.24) is 10.2 Å². The van der Waals surface area contributed by atoms with Crippen LogP contribution < -0.4 is 5.32 Å². The third-order valence-corrected chi connectivity index (χ3v) is 4.40. The van der Waals surface area contributed by atoms with Crippen molar-refractivity contribution in [3.8, 4) is 0 Å². The molecule has 2 N–H and O–H groups in total. The largest absolute Gasteiger partial charge is 0.481 e. The summed E-state index contributed by atoms with van der Waals surface area (Å²) in [5.41, 5.74) is -0.620. The van der Waals surface area contributed by atoms with Gasteiger partial charge in [0.1, 0.15) is 0 Å². The van der Waals surface area contributed by atoms with Gasteiger partial charge in [0.25, 0.3) is 0 Å². The number of carbonyl (C=O) groups is 3. The Balaban J connectivity index is 2.02. The Morgan fingerprint density at radius 2 is 2.00 bits per heavy atom. The quantitative estimate of drug-likeness (QED) is 0.797. The Morgan fingerprint density at radius 3 is 2.50 bits per heavy atom. The van der Waals surface area contributed by atoms with Crippen LogP contribution in [0.3, 0.4) is 0 Å². The van der Waals surface area contributed by atoms with Crippen molar-refractivity contribution in [3.05, 3.63) is 0 Å². The standard InChI is InChI=1S/C14H22N2O4/c1-16-9-10(7-11(16)17)13(20)15-14(8-12(18)19)5-3-2-4-6-14/h10H,2-9H2,1H3,(H,15,20)(H,18,19). The van der Waals surface area contributed by atoms with E-state index in [9.17, 15) is 14.4 Å². The number of carboxylic acid groups (broad SMARTS) is 1. The first kappa shape index (κ1) is 14.8. The van der Waals surface area contributed by atoms with Gasteiger partial charge in [0.15, 0.2) is 0 Å². The second-order valence-corrected chi connectivity index (χ2v) is 6.08. The van der Waals surface area contributed by atoms with Crippen molar-refractivity contribution in [3.63, 3.8) is 0 Å². The summed E-state index contributed by atoms with van der Waals surface area (Å²) in [6.45, 7) is 0.424. The lowest BCUT2D eigenvalue weighted by molar-refractivity contribution is -0.140. The molecule has 112 valence electrons. The summed E-state index contributed by atoms with van der Waals surface area (Å²) in [5, 5.41) is 12.0. The molecule has 1 heterocycles. The molecule has 1 saturated carbocycles. The fourth-order valence-corrected chi connectivity index (χ4v) is 3.27. The van der Waals surface area contributed by atoms with Crippen LogP contribution in [0, 0.1) is 5.92 Å². The highest BCUT2D eigenvalue weighted by Gasteiger charge is 2.39. The molecule has 0 spiro atoms.